The Labute approximate surface area is 153 Å². The Morgan fingerprint density at radius 1 is 1.22 bits per heavy atom. The molecule has 1 aliphatic heterocycles. The zero-order valence-corrected chi connectivity index (χ0v) is 14.9. The fourth-order valence-corrected chi connectivity index (χ4v) is 4.45. The number of benzene rings is 1. The summed E-state index contributed by atoms with van der Waals surface area (Å²) in [5.41, 5.74) is -0.668. The summed E-state index contributed by atoms with van der Waals surface area (Å²) >= 11 is 0. The Hall–Kier alpha value is -1.98. The van der Waals surface area contributed by atoms with Crippen LogP contribution in [0.1, 0.15) is 36.6 Å². The number of aromatic nitrogens is 2. The van der Waals surface area contributed by atoms with Gasteiger partial charge in [0, 0.05) is 24.6 Å². The van der Waals surface area contributed by atoms with E-state index in [0.717, 1.165) is 18.6 Å². The first-order valence-corrected chi connectivity index (χ1v) is 9.88. The molecule has 2 aliphatic rings. The van der Waals surface area contributed by atoms with Crippen LogP contribution in [0.3, 0.4) is 0 Å². The summed E-state index contributed by atoms with van der Waals surface area (Å²) in [5.74, 6) is 0.416. The molecule has 1 aromatic carbocycles. The lowest BCUT2D eigenvalue weighted by atomic mass is 9.92. The molecule has 0 amide bonds. The average Bonchev–Trinajstić information content (AvgIpc) is 3.06. The van der Waals surface area contributed by atoms with Crippen molar-refractivity contribution in [2.75, 3.05) is 13.1 Å². The lowest BCUT2D eigenvalue weighted by Crippen LogP contribution is -2.43. The van der Waals surface area contributed by atoms with Crippen LogP contribution in [-0.4, -0.2) is 36.0 Å². The largest absolute Gasteiger partial charge is 0.420 e. The third-order valence-corrected chi connectivity index (χ3v) is 6.53. The molecule has 0 bridgehead atoms. The van der Waals surface area contributed by atoms with E-state index in [1.165, 1.54) is 16.4 Å². The molecule has 1 aromatic heterocycles. The van der Waals surface area contributed by atoms with Crippen molar-refractivity contribution in [3.63, 3.8) is 0 Å². The Balaban J connectivity index is 1.49. The van der Waals surface area contributed by atoms with Crippen LogP contribution in [-0.2, 0) is 16.4 Å². The molecule has 1 saturated heterocycles. The molecule has 2 aromatic rings. The van der Waals surface area contributed by atoms with E-state index in [1.807, 2.05) is 0 Å². The van der Waals surface area contributed by atoms with Gasteiger partial charge >= 0.3 is 6.18 Å². The number of hydrogen-bond donors (Lipinski definition) is 1. The number of piperidine rings is 1. The molecule has 2 heterocycles. The number of nitrogens with zero attached hydrogens (tertiary/aromatic N) is 3. The first-order chi connectivity index (χ1) is 12.6. The summed E-state index contributed by atoms with van der Waals surface area (Å²) in [6, 6.07) is 4.74. The topological polar surface area (TPSA) is 102 Å². The second-order valence-corrected chi connectivity index (χ2v) is 8.63. The van der Waals surface area contributed by atoms with Crippen molar-refractivity contribution in [3.05, 3.63) is 35.7 Å². The van der Waals surface area contributed by atoms with Gasteiger partial charge in [0.25, 0.3) is 10.2 Å². The lowest BCUT2D eigenvalue weighted by molar-refractivity contribution is -0.137. The van der Waals surface area contributed by atoms with Crippen LogP contribution in [0.25, 0.3) is 11.5 Å². The van der Waals surface area contributed by atoms with Crippen molar-refractivity contribution >= 4 is 10.2 Å². The Bertz CT molecular complexity index is 965. The maximum Gasteiger partial charge on any atom is 0.416 e. The van der Waals surface area contributed by atoms with Crippen molar-refractivity contribution < 1.29 is 26.0 Å². The van der Waals surface area contributed by atoms with Gasteiger partial charge in [0.1, 0.15) is 0 Å². The van der Waals surface area contributed by atoms with Gasteiger partial charge in [-0.15, -0.1) is 10.2 Å². The maximum absolute atomic E-state index is 12.9. The second-order valence-electron chi connectivity index (χ2n) is 7.09. The summed E-state index contributed by atoms with van der Waals surface area (Å²) in [4.78, 5) is 0. The van der Waals surface area contributed by atoms with E-state index in [2.05, 4.69) is 10.2 Å². The van der Waals surface area contributed by atoms with E-state index in [9.17, 15) is 21.6 Å². The predicted molar refractivity (Wildman–Crippen MR) is 88.4 cm³/mol. The molecular weight excluding hydrogens is 385 g/mol. The first kappa shape index (κ1) is 18.4. The van der Waals surface area contributed by atoms with Gasteiger partial charge in [0.2, 0.25) is 11.8 Å². The van der Waals surface area contributed by atoms with Crippen LogP contribution < -0.4 is 5.14 Å². The van der Waals surface area contributed by atoms with E-state index in [-0.39, 0.29) is 22.8 Å². The Kier molecular flexibility index (Phi) is 4.09. The van der Waals surface area contributed by atoms with Crippen LogP contribution in [0, 0.1) is 5.41 Å². The molecule has 2 N–H and O–H groups in total. The normalized spacial score (nSPS) is 22.9. The van der Waals surface area contributed by atoms with Crippen molar-refractivity contribution in [1.29, 1.82) is 0 Å². The van der Waals surface area contributed by atoms with E-state index >= 15 is 0 Å². The van der Waals surface area contributed by atoms with Gasteiger partial charge in [-0.3, -0.25) is 0 Å². The number of hydrogen-bond acceptors (Lipinski definition) is 5. The van der Waals surface area contributed by atoms with Gasteiger partial charge in [0.05, 0.1) is 5.56 Å². The molecule has 0 unspecified atom stereocenters. The molecule has 146 valence electrons. The van der Waals surface area contributed by atoms with Crippen molar-refractivity contribution in [2.24, 2.45) is 10.6 Å². The highest BCUT2D eigenvalue weighted by Gasteiger charge is 2.58. The molecular formula is C16H17F3N4O3S. The number of halogens is 3. The van der Waals surface area contributed by atoms with Gasteiger partial charge < -0.3 is 4.42 Å². The summed E-state index contributed by atoms with van der Waals surface area (Å²) in [6.07, 6.45) is -2.39. The molecule has 1 aliphatic carbocycles. The fraction of sp³-hybridized carbons (Fsp3) is 0.500. The van der Waals surface area contributed by atoms with Gasteiger partial charge in [0.15, 0.2) is 0 Å². The van der Waals surface area contributed by atoms with Crippen LogP contribution in [0.2, 0.25) is 0 Å². The van der Waals surface area contributed by atoms with E-state index < -0.39 is 21.9 Å². The van der Waals surface area contributed by atoms with Crippen LogP contribution in [0.15, 0.2) is 28.7 Å². The standard InChI is InChI=1S/C16H17F3N4O3S/c17-16(18,19)11-3-1-2-10(8-11)13-21-22-14(26-13)12-9-15(12)4-6-23(7-5-15)27(20,24)25/h1-3,8,12H,4-7,9H2,(H2,20,24,25)/t12-/m0/s1. The molecule has 11 heteroatoms. The first-order valence-electron chi connectivity index (χ1n) is 8.37. The number of rotatable bonds is 3. The van der Waals surface area contributed by atoms with Gasteiger partial charge in [-0.2, -0.15) is 25.9 Å². The minimum absolute atomic E-state index is 0.00724. The van der Waals surface area contributed by atoms with Crippen molar-refractivity contribution in [3.8, 4) is 11.5 Å². The molecule has 1 saturated carbocycles. The van der Waals surface area contributed by atoms with Crippen LogP contribution in [0.5, 0.6) is 0 Å². The van der Waals surface area contributed by atoms with Gasteiger partial charge in [-0.05, 0) is 42.9 Å². The van der Waals surface area contributed by atoms with E-state index in [0.29, 0.717) is 31.8 Å². The Morgan fingerprint density at radius 3 is 2.56 bits per heavy atom. The van der Waals surface area contributed by atoms with Gasteiger partial charge in [-0.1, -0.05) is 6.07 Å². The maximum atomic E-state index is 12.9. The van der Waals surface area contributed by atoms with E-state index in [1.54, 1.807) is 0 Å². The highest BCUT2D eigenvalue weighted by atomic mass is 32.2. The predicted octanol–water partition coefficient (Wildman–Crippen LogP) is 2.53. The summed E-state index contributed by atoms with van der Waals surface area (Å²) in [6.45, 7) is 0.675. The number of alkyl halides is 3. The van der Waals surface area contributed by atoms with Crippen LogP contribution in [0.4, 0.5) is 13.2 Å². The minimum Gasteiger partial charge on any atom is -0.420 e. The van der Waals surface area contributed by atoms with Crippen LogP contribution >= 0.6 is 0 Å². The van der Waals surface area contributed by atoms with Crippen molar-refractivity contribution in [2.45, 2.75) is 31.4 Å². The Morgan fingerprint density at radius 2 is 1.93 bits per heavy atom. The van der Waals surface area contributed by atoms with E-state index in [4.69, 9.17) is 9.56 Å². The van der Waals surface area contributed by atoms with Crippen molar-refractivity contribution in [1.82, 2.24) is 14.5 Å². The lowest BCUT2D eigenvalue weighted by Gasteiger charge is -2.30. The molecule has 4 rings (SSSR count). The second kappa shape index (κ2) is 6.01. The molecule has 1 atom stereocenters. The average molecular weight is 402 g/mol. The molecule has 2 fully saturated rings. The van der Waals surface area contributed by atoms with Gasteiger partial charge in [-0.25, -0.2) is 5.14 Å². The monoisotopic (exact) mass is 402 g/mol. The quantitative estimate of drug-likeness (QED) is 0.850. The highest BCUT2D eigenvalue weighted by Crippen LogP contribution is 2.64. The fourth-order valence-electron chi connectivity index (χ4n) is 3.76. The highest BCUT2D eigenvalue weighted by molar-refractivity contribution is 7.86. The minimum atomic E-state index is -4.45. The molecule has 27 heavy (non-hydrogen) atoms. The summed E-state index contributed by atoms with van der Waals surface area (Å²) < 4.78 is 68.3. The molecule has 1 spiro atoms. The summed E-state index contributed by atoms with van der Waals surface area (Å²) in [5, 5.41) is 13.1. The zero-order chi connectivity index (χ0) is 19.4. The third kappa shape index (κ3) is 3.46. The third-order valence-electron chi connectivity index (χ3n) is 5.44. The summed E-state index contributed by atoms with van der Waals surface area (Å²) in [7, 11) is -3.69. The SMILES string of the molecule is NS(=O)(=O)N1CCC2(CC1)C[C@H]2c1nnc(-c2cccc(C(F)(F)F)c2)o1. The zero-order valence-electron chi connectivity index (χ0n) is 14.1. The molecule has 7 nitrogen and oxygen atoms in total. The smallest absolute Gasteiger partial charge is 0.416 e. The molecule has 0 radical (unpaired) electrons. The number of nitrogens with two attached hydrogens (primary N) is 1.